The van der Waals surface area contributed by atoms with E-state index < -0.39 is 35.9 Å². The van der Waals surface area contributed by atoms with Gasteiger partial charge < -0.3 is 15.0 Å². The second-order valence-electron chi connectivity index (χ2n) is 9.52. The summed E-state index contributed by atoms with van der Waals surface area (Å²) in [6.07, 6.45) is -4.55. The molecule has 0 aliphatic carbocycles. The van der Waals surface area contributed by atoms with E-state index in [0.717, 1.165) is 11.1 Å². The molecule has 1 aromatic carbocycles. The van der Waals surface area contributed by atoms with Gasteiger partial charge in [-0.1, -0.05) is 19.9 Å². The normalized spacial score (nSPS) is 14.8. The highest BCUT2D eigenvalue weighted by Crippen LogP contribution is 2.44. The fourth-order valence-electron chi connectivity index (χ4n) is 4.37. The Bertz CT molecular complexity index is 1100. The van der Waals surface area contributed by atoms with Crippen molar-refractivity contribution in [1.29, 1.82) is 0 Å². The third-order valence-corrected chi connectivity index (χ3v) is 5.77. The van der Waals surface area contributed by atoms with Crippen LogP contribution in [0.4, 0.5) is 17.6 Å². The zero-order valence-corrected chi connectivity index (χ0v) is 18.9. The molecule has 3 rings (SSSR count). The number of pyridine rings is 1. The summed E-state index contributed by atoms with van der Waals surface area (Å²) in [5.74, 6) is -0.522. The SMILES string of the molecule is Cc1ccc(F)cc1C(C)(C)CC(O)(Cc1cc2cc(CN(C)C)ncc2[nH]1)C(F)(F)F. The average Bonchev–Trinajstić information content (AvgIpc) is 3.02. The molecule has 8 heteroatoms. The second-order valence-corrected chi connectivity index (χ2v) is 9.52. The topological polar surface area (TPSA) is 52.1 Å². The van der Waals surface area contributed by atoms with Crippen LogP contribution in [0, 0.1) is 12.7 Å². The molecule has 0 aliphatic rings. The largest absolute Gasteiger partial charge is 0.417 e. The number of rotatable bonds is 7. The predicted molar refractivity (Wildman–Crippen MR) is 117 cm³/mol. The van der Waals surface area contributed by atoms with Crippen LogP contribution in [0.15, 0.2) is 36.5 Å². The van der Waals surface area contributed by atoms with Gasteiger partial charge in [0, 0.05) is 24.0 Å². The van der Waals surface area contributed by atoms with Crippen molar-refractivity contribution < 1.29 is 22.7 Å². The van der Waals surface area contributed by atoms with Gasteiger partial charge in [-0.3, -0.25) is 4.98 Å². The third-order valence-electron chi connectivity index (χ3n) is 5.77. The monoisotopic (exact) mass is 451 g/mol. The molecule has 3 aromatic rings. The molecule has 0 saturated carbocycles. The number of benzene rings is 1. The van der Waals surface area contributed by atoms with Crippen LogP contribution in [0.2, 0.25) is 0 Å². The first kappa shape index (κ1) is 24.2. The Labute approximate surface area is 185 Å². The van der Waals surface area contributed by atoms with Crippen LogP contribution in [0.3, 0.4) is 0 Å². The molecule has 4 nitrogen and oxygen atoms in total. The van der Waals surface area contributed by atoms with Crippen molar-refractivity contribution >= 4 is 10.9 Å². The number of nitrogens with zero attached hydrogens (tertiary/aromatic N) is 2. The minimum Gasteiger partial charge on any atom is -0.380 e. The highest BCUT2D eigenvalue weighted by molar-refractivity contribution is 5.79. The van der Waals surface area contributed by atoms with Crippen molar-refractivity contribution in [1.82, 2.24) is 14.9 Å². The summed E-state index contributed by atoms with van der Waals surface area (Å²) in [7, 11) is 3.81. The summed E-state index contributed by atoms with van der Waals surface area (Å²) < 4.78 is 56.2. The number of aliphatic hydroxyl groups is 1. The predicted octanol–water partition coefficient (Wildman–Crippen LogP) is 5.28. The zero-order valence-electron chi connectivity index (χ0n) is 18.9. The highest BCUT2D eigenvalue weighted by Gasteiger charge is 2.56. The van der Waals surface area contributed by atoms with Gasteiger partial charge in [-0.15, -0.1) is 0 Å². The van der Waals surface area contributed by atoms with E-state index in [1.165, 1.54) is 18.2 Å². The number of hydrogen-bond acceptors (Lipinski definition) is 3. The number of alkyl halides is 3. The Morgan fingerprint density at radius 2 is 1.78 bits per heavy atom. The maximum atomic E-state index is 14.1. The van der Waals surface area contributed by atoms with E-state index in [0.29, 0.717) is 23.2 Å². The van der Waals surface area contributed by atoms with Crippen molar-refractivity contribution in [3.63, 3.8) is 0 Å². The molecular formula is C24H29F4N3O. The number of aryl methyl sites for hydroxylation is 1. The van der Waals surface area contributed by atoms with Gasteiger partial charge in [0.1, 0.15) is 5.82 Å². The number of H-pyrrole nitrogens is 1. The van der Waals surface area contributed by atoms with E-state index in [9.17, 15) is 22.7 Å². The van der Waals surface area contributed by atoms with E-state index in [-0.39, 0.29) is 5.69 Å². The summed E-state index contributed by atoms with van der Waals surface area (Å²) in [5, 5.41) is 11.6. The summed E-state index contributed by atoms with van der Waals surface area (Å²) in [6.45, 7) is 5.51. The van der Waals surface area contributed by atoms with Crippen molar-refractivity contribution in [3.8, 4) is 0 Å². The molecule has 2 heterocycles. The van der Waals surface area contributed by atoms with Gasteiger partial charge in [0.25, 0.3) is 0 Å². The van der Waals surface area contributed by atoms with Gasteiger partial charge in [-0.2, -0.15) is 13.2 Å². The van der Waals surface area contributed by atoms with E-state index in [4.69, 9.17) is 0 Å². The highest BCUT2D eigenvalue weighted by atomic mass is 19.4. The lowest BCUT2D eigenvalue weighted by Crippen LogP contribution is -2.51. The molecule has 0 saturated heterocycles. The van der Waals surface area contributed by atoms with Crippen LogP contribution in [-0.2, 0) is 18.4 Å². The first-order valence-corrected chi connectivity index (χ1v) is 10.4. The van der Waals surface area contributed by atoms with Gasteiger partial charge >= 0.3 is 6.18 Å². The lowest BCUT2D eigenvalue weighted by atomic mass is 9.72. The van der Waals surface area contributed by atoms with E-state index in [1.807, 2.05) is 25.1 Å². The van der Waals surface area contributed by atoms with Crippen molar-refractivity contribution in [3.05, 3.63) is 64.9 Å². The standard InChI is InChI=1S/C24H29F4N3O/c1-15-6-7-17(25)10-20(15)22(2,3)14-23(32,24(26,27)28)11-18-8-16-9-19(13-31(4)5)29-12-21(16)30-18/h6-10,12,30,32H,11,13-14H2,1-5H3. The number of halogens is 4. The maximum Gasteiger partial charge on any atom is 0.417 e. The molecule has 0 fully saturated rings. The molecule has 1 atom stereocenters. The van der Waals surface area contributed by atoms with Gasteiger partial charge in [0.05, 0.1) is 17.4 Å². The van der Waals surface area contributed by atoms with Gasteiger partial charge in [0.2, 0.25) is 0 Å². The van der Waals surface area contributed by atoms with Crippen LogP contribution in [0.1, 0.15) is 42.8 Å². The molecule has 0 bridgehead atoms. The molecule has 32 heavy (non-hydrogen) atoms. The lowest BCUT2D eigenvalue weighted by Gasteiger charge is -2.38. The summed E-state index contributed by atoms with van der Waals surface area (Å²) >= 11 is 0. The lowest BCUT2D eigenvalue weighted by molar-refractivity contribution is -0.266. The third kappa shape index (κ3) is 5.13. The molecule has 0 spiro atoms. The molecule has 2 aromatic heterocycles. The Hall–Kier alpha value is -2.45. The molecule has 0 amide bonds. The van der Waals surface area contributed by atoms with E-state index >= 15 is 0 Å². The fraction of sp³-hybridized carbons (Fsp3) is 0.458. The van der Waals surface area contributed by atoms with Crippen LogP contribution in [0.5, 0.6) is 0 Å². The fourth-order valence-corrected chi connectivity index (χ4v) is 4.37. The van der Waals surface area contributed by atoms with Gasteiger partial charge in [0.15, 0.2) is 5.60 Å². The smallest absolute Gasteiger partial charge is 0.380 e. The number of aromatic nitrogens is 2. The molecule has 0 aliphatic heterocycles. The number of nitrogens with one attached hydrogen (secondary N) is 1. The van der Waals surface area contributed by atoms with Crippen LogP contribution < -0.4 is 0 Å². The van der Waals surface area contributed by atoms with Crippen LogP contribution >= 0.6 is 0 Å². The second kappa shape index (κ2) is 8.48. The Kier molecular flexibility index (Phi) is 6.41. The van der Waals surface area contributed by atoms with Crippen LogP contribution in [-0.4, -0.2) is 45.8 Å². The molecular weight excluding hydrogens is 422 g/mol. The summed E-state index contributed by atoms with van der Waals surface area (Å²) in [5.41, 5.74) is -1.36. The maximum absolute atomic E-state index is 14.1. The van der Waals surface area contributed by atoms with E-state index in [2.05, 4.69) is 9.97 Å². The van der Waals surface area contributed by atoms with Crippen molar-refractivity contribution in [2.24, 2.45) is 0 Å². The summed E-state index contributed by atoms with van der Waals surface area (Å²) in [6, 6.07) is 7.49. The van der Waals surface area contributed by atoms with E-state index in [1.54, 1.807) is 33.0 Å². The molecule has 2 N–H and O–H groups in total. The number of hydrogen-bond donors (Lipinski definition) is 2. The Morgan fingerprint density at radius 1 is 1.09 bits per heavy atom. The minimum absolute atomic E-state index is 0.260. The van der Waals surface area contributed by atoms with Gasteiger partial charge in [-0.05, 0) is 68.2 Å². The number of aromatic amines is 1. The molecule has 174 valence electrons. The Balaban J connectivity index is 1.95. The molecule has 1 unspecified atom stereocenters. The number of fused-ring (bicyclic) bond motifs is 1. The minimum atomic E-state index is -4.88. The first-order valence-electron chi connectivity index (χ1n) is 10.4. The Morgan fingerprint density at radius 3 is 2.41 bits per heavy atom. The van der Waals surface area contributed by atoms with Gasteiger partial charge in [-0.25, -0.2) is 4.39 Å². The zero-order chi connectivity index (χ0) is 23.9. The quantitative estimate of drug-likeness (QED) is 0.481. The van der Waals surface area contributed by atoms with Crippen molar-refractivity contribution in [2.75, 3.05) is 14.1 Å². The van der Waals surface area contributed by atoms with Crippen molar-refractivity contribution in [2.45, 2.75) is 57.3 Å². The first-order chi connectivity index (χ1) is 14.7. The summed E-state index contributed by atoms with van der Waals surface area (Å²) in [4.78, 5) is 9.23. The van der Waals surface area contributed by atoms with Crippen LogP contribution in [0.25, 0.3) is 10.9 Å². The molecule has 0 radical (unpaired) electrons. The average molecular weight is 452 g/mol.